The van der Waals surface area contributed by atoms with Gasteiger partial charge in [0.2, 0.25) is 0 Å². The van der Waals surface area contributed by atoms with Gasteiger partial charge < -0.3 is 5.32 Å². The number of pyridine rings is 1. The number of terminal acetylenes is 1. The molecule has 2 heteroatoms. The van der Waals surface area contributed by atoms with Crippen LogP contribution in [-0.4, -0.2) is 11.5 Å². The van der Waals surface area contributed by atoms with Gasteiger partial charge in [0.25, 0.3) is 0 Å². The van der Waals surface area contributed by atoms with Crippen molar-refractivity contribution in [3.05, 3.63) is 42.1 Å². The molecular weight excluding hydrogens is 184 g/mol. The van der Waals surface area contributed by atoms with E-state index in [9.17, 15) is 0 Å². The van der Waals surface area contributed by atoms with E-state index in [4.69, 9.17) is 6.42 Å². The third-order valence-corrected chi connectivity index (χ3v) is 2.26. The summed E-state index contributed by atoms with van der Waals surface area (Å²) in [5.41, 5.74) is 2.23. The van der Waals surface area contributed by atoms with Crippen molar-refractivity contribution >= 4 is 10.9 Å². The Morgan fingerprint density at radius 1 is 1.27 bits per heavy atom. The Morgan fingerprint density at radius 2 is 2.13 bits per heavy atom. The van der Waals surface area contributed by atoms with Crippen molar-refractivity contribution in [3.63, 3.8) is 0 Å². The fourth-order valence-corrected chi connectivity index (χ4v) is 1.58. The Morgan fingerprint density at radius 3 is 3.00 bits per heavy atom. The molecule has 0 unspecified atom stereocenters. The normalized spacial score (nSPS) is 10.1. The SMILES string of the molecule is C#CCNCc1cccc2cccnc12. The maximum Gasteiger partial charge on any atom is 0.0746 e. The van der Waals surface area contributed by atoms with Crippen molar-refractivity contribution in [1.82, 2.24) is 10.3 Å². The molecule has 0 aliphatic heterocycles. The summed E-state index contributed by atoms with van der Waals surface area (Å²) >= 11 is 0. The zero-order valence-electron chi connectivity index (χ0n) is 8.40. The third-order valence-electron chi connectivity index (χ3n) is 2.26. The molecule has 2 rings (SSSR count). The van der Waals surface area contributed by atoms with E-state index in [0.717, 1.165) is 17.4 Å². The van der Waals surface area contributed by atoms with E-state index in [1.54, 1.807) is 0 Å². The number of aromatic nitrogens is 1. The molecule has 1 heterocycles. The van der Waals surface area contributed by atoms with Crippen LogP contribution in [0.3, 0.4) is 0 Å². The smallest absolute Gasteiger partial charge is 0.0746 e. The molecule has 0 spiro atoms. The predicted molar refractivity (Wildman–Crippen MR) is 62.3 cm³/mol. The molecule has 0 atom stereocenters. The van der Waals surface area contributed by atoms with E-state index in [-0.39, 0.29) is 0 Å². The molecule has 0 fully saturated rings. The molecule has 2 aromatic rings. The Hall–Kier alpha value is -1.85. The molecule has 1 aromatic heterocycles. The molecule has 1 aromatic carbocycles. The van der Waals surface area contributed by atoms with Crippen molar-refractivity contribution in [1.29, 1.82) is 0 Å². The number of hydrogen-bond acceptors (Lipinski definition) is 2. The van der Waals surface area contributed by atoms with E-state index in [2.05, 4.69) is 34.4 Å². The van der Waals surface area contributed by atoms with Crippen LogP contribution in [0, 0.1) is 12.3 Å². The van der Waals surface area contributed by atoms with Crippen molar-refractivity contribution in [3.8, 4) is 12.3 Å². The van der Waals surface area contributed by atoms with Gasteiger partial charge in [-0.3, -0.25) is 4.98 Å². The predicted octanol–water partition coefficient (Wildman–Crippen LogP) is 1.96. The first kappa shape index (κ1) is 9.70. The van der Waals surface area contributed by atoms with Crippen LogP contribution in [0.4, 0.5) is 0 Å². The Bertz CT molecular complexity index is 492. The number of benzene rings is 1. The number of hydrogen-bond donors (Lipinski definition) is 1. The highest BCUT2D eigenvalue weighted by atomic mass is 14.8. The fraction of sp³-hybridized carbons (Fsp3) is 0.154. The van der Waals surface area contributed by atoms with Gasteiger partial charge in [-0.2, -0.15) is 0 Å². The van der Waals surface area contributed by atoms with Gasteiger partial charge in [-0.1, -0.05) is 30.2 Å². The molecule has 0 amide bonds. The lowest BCUT2D eigenvalue weighted by Crippen LogP contribution is -2.13. The largest absolute Gasteiger partial charge is 0.302 e. The topological polar surface area (TPSA) is 24.9 Å². The van der Waals surface area contributed by atoms with Crippen LogP contribution in [0.2, 0.25) is 0 Å². The summed E-state index contributed by atoms with van der Waals surface area (Å²) in [7, 11) is 0. The second-order valence-corrected chi connectivity index (χ2v) is 3.30. The van der Waals surface area contributed by atoms with Crippen molar-refractivity contribution in [2.45, 2.75) is 6.54 Å². The lowest BCUT2D eigenvalue weighted by molar-refractivity contribution is 0.773. The number of fused-ring (bicyclic) bond motifs is 1. The second-order valence-electron chi connectivity index (χ2n) is 3.30. The van der Waals surface area contributed by atoms with E-state index in [1.165, 1.54) is 5.56 Å². The van der Waals surface area contributed by atoms with Gasteiger partial charge in [0.05, 0.1) is 12.1 Å². The summed E-state index contributed by atoms with van der Waals surface area (Å²) in [6, 6.07) is 10.2. The minimum Gasteiger partial charge on any atom is -0.302 e. The summed E-state index contributed by atoms with van der Waals surface area (Å²) in [5.74, 6) is 2.55. The van der Waals surface area contributed by atoms with Crippen LogP contribution in [-0.2, 0) is 6.54 Å². The Labute approximate surface area is 89.3 Å². The first-order chi connectivity index (χ1) is 7.42. The fourth-order valence-electron chi connectivity index (χ4n) is 1.58. The molecule has 0 bridgehead atoms. The molecule has 0 radical (unpaired) electrons. The third kappa shape index (κ3) is 2.15. The molecule has 0 aliphatic rings. The molecular formula is C13H12N2. The monoisotopic (exact) mass is 196 g/mol. The molecule has 2 nitrogen and oxygen atoms in total. The zero-order chi connectivity index (χ0) is 10.5. The minimum absolute atomic E-state index is 0.587. The van der Waals surface area contributed by atoms with Crippen LogP contribution in [0.25, 0.3) is 10.9 Å². The molecule has 15 heavy (non-hydrogen) atoms. The summed E-state index contributed by atoms with van der Waals surface area (Å²) < 4.78 is 0. The highest BCUT2D eigenvalue weighted by Gasteiger charge is 1.99. The highest BCUT2D eigenvalue weighted by molar-refractivity contribution is 5.81. The number of nitrogens with zero attached hydrogens (tertiary/aromatic N) is 1. The van der Waals surface area contributed by atoms with Gasteiger partial charge >= 0.3 is 0 Å². The van der Waals surface area contributed by atoms with Crippen molar-refractivity contribution in [2.75, 3.05) is 6.54 Å². The summed E-state index contributed by atoms with van der Waals surface area (Å²) in [5, 5.41) is 4.33. The second kappa shape index (κ2) is 4.59. The van der Waals surface area contributed by atoms with Gasteiger partial charge in [-0.15, -0.1) is 6.42 Å². The minimum atomic E-state index is 0.587. The van der Waals surface area contributed by atoms with Crippen LogP contribution in [0.1, 0.15) is 5.56 Å². The van der Waals surface area contributed by atoms with Crippen molar-refractivity contribution < 1.29 is 0 Å². The van der Waals surface area contributed by atoms with Gasteiger partial charge in [0, 0.05) is 18.1 Å². The van der Waals surface area contributed by atoms with E-state index in [1.807, 2.05) is 18.3 Å². The number of rotatable bonds is 3. The van der Waals surface area contributed by atoms with Gasteiger partial charge in [0.1, 0.15) is 0 Å². The first-order valence-electron chi connectivity index (χ1n) is 4.88. The Balaban J connectivity index is 2.31. The standard InChI is InChI=1S/C13H12N2/c1-2-8-14-10-12-6-3-5-11-7-4-9-15-13(11)12/h1,3-7,9,14H,8,10H2. The quantitative estimate of drug-likeness (QED) is 0.599. The average molecular weight is 196 g/mol. The molecule has 74 valence electrons. The lowest BCUT2D eigenvalue weighted by Gasteiger charge is -2.05. The zero-order valence-corrected chi connectivity index (χ0v) is 8.40. The Kier molecular flexibility index (Phi) is 2.96. The van der Waals surface area contributed by atoms with Crippen LogP contribution < -0.4 is 5.32 Å². The van der Waals surface area contributed by atoms with E-state index < -0.39 is 0 Å². The molecule has 0 saturated heterocycles. The molecule has 0 aliphatic carbocycles. The number of para-hydroxylation sites is 1. The summed E-state index contributed by atoms with van der Waals surface area (Å²) in [6.45, 7) is 1.35. The first-order valence-corrected chi connectivity index (χ1v) is 4.88. The maximum atomic E-state index is 5.18. The van der Waals surface area contributed by atoms with Crippen LogP contribution in [0.15, 0.2) is 36.5 Å². The van der Waals surface area contributed by atoms with Gasteiger partial charge in [-0.25, -0.2) is 0 Å². The number of nitrogens with one attached hydrogen (secondary N) is 1. The average Bonchev–Trinajstić information content (AvgIpc) is 2.30. The molecule has 0 saturated carbocycles. The van der Waals surface area contributed by atoms with Gasteiger partial charge in [0.15, 0.2) is 0 Å². The lowest BCUT2D eigenvalue weighted by atomic mass is 10.1. The van der Waals surface area contributed by atoms with E-state index >= 15 is 0 Å². The molecule has 1 N–H and O–H groups in total. The highest BCUT2D eigenvalue weighted by Crippen LogP contribution is 2.15. The van der Waals surface area contributed by atoms with E-state index in [0.29, 0.717) is 6.54 Å². The van der Waals surface area contributed by atoms with Crippen molar-refractivity contribution in [2.24, 2.45) is 0 Å². The van der Waals surface area contributed by atoms with Crippen LogP contribution >= 0.6 is 0 Å². The van der Waals surface area contributed by atoms with Crippen LogP contribution in [0.5, 0.6) is 0 Å². The van der Waals surface area contributed by atoms with Gasteiger partial charge in [-0.05, 0) is 11.6 Å². The summed E-state index contributed by atoms with van der Waals surface area (Å²) in [4.78, 5) is 4.37. The summed E-state index contributed by atoms with van der Waals surface area (Å²) in [6.07, 6.45) is 6.99. The maximum absolute atomic E-state index is 5.18.